The van der Waals surface area contributed by atoms with Gasteiger partial charge in [-0.3, -0.25) is 14.4 Å². The molecule has 1 aromatic rings. The molecule has 3 amide bonds. The highest BCUT2D eigenvalue weighted by Crippen LogP contribution is 2.32. The van der Waals surface area contributed by atoms with Crippen molar-refractivity contribution < 1.29 is 28.7 Å². The number of carbonyl (C=O) groups excluding carboxylic acids is 4. The zero-order valence-electron chi connectivity index (χ0n) is 25.7. The highest BCUT2D eigenvalue weighted by Gasteiger charge is 2.42. The summed E-state index contributed by atoms with van der Waals surface area (Å²) in [5.41, 5.74) is 1.13. The third-order valence-corrected chi connectivity index (χ3v) is 5.94. The Balaban J connectivity index is 3.54. The average Bonchev–Trinajstić information content (AvgIpc) is 2.76. The van der Waals surface area contributed by atoms with E-state index in [9.17, 15) is 19.2 Å². The molecule has 9 nitrogen and oxygen atoms in total. The Labute approximate surface area is 234 Å². The first-order valence-corrected chi connectivity index (χ1v) is 13.7. The minimum Gasteiger partial charge on any atom is -0.466 e. The number of amides is 3. The molecule has 9 heteroatoms. The molecule has 1 aromatic carbocycles. The zero-order chi connectivity index (χ0) is 30.1. The second-order valence-electron chi connectivity index (χ2n) is 12.3. The molecule has 2 N–H and O–H groups in total. The van der Waals surface area contributed by atoms with E-state index in [1.165, 1.54) is 4.90 Å². The molecule has 2 unspecified atom stereocenters. The quantitative estimate of drug-likeness (QED) is 0.378. The van der Waals surface area contributed by atoms with E-state index in [0.29, 0.717) is 12.0 Å². The molecule has 0 heterocycles. The normalized spacial score (nSPS) is 13.3. The lowest BCUT2D eigenvalue weighted by atomic mass is 9.92. The molecule has 0 aliphatic heterocycles. The predicted octanol–water partition coefficient (Wildman–Crippen LogP) is 4.98. The first-order chi connectivity index (χ1) is 17.9. The number of alkyl carbamates (subject to hydrolysis) is 1. The Morgan fingerprint density at radius 1 is 0.974 bits per heavy atom. The molecule has 0 aromatic heterocycles. The number of hydrogen-bond donors (Lipinski definition) is 2. The molecule has 39 heavy (non-hydrogen) atoms. The van der Waals surface area contributed by atoms with Crippen molar-refractivity contribution >= 4 is 23.9 Å². The van der Waals surface area contributed by atoms with Gasteiger partial charge in [-0.25, -0.2) is 4.79 Å². The number of aryl methyl sites for hydroxylation is 2. The van der Waals surface area contributed by atoms with Gasteiger partial charge in [0.15, 0.2) is 0 Å². The van der Waals surface area contributed by atoms with Gasteiger partial charge >= 0.3 is 12.1 Å². The van der Waals surface area contributed by atoms with Gasteiger partial charge in [-0.15, -0.1) is 0 Å². The van der Waals surface area contributed by atoms with Crippen molar-refractivity contribution in [1.29, 1.82) is 0 Å². The zero-order valence-corrected chi connectivity index (χ0v) is 25.7. The van der Waals surface area contributed by atoms with Gasteiger partial charge in [-0.05, 0) is 91.3 Å². The fourth-order valence-corrected chi connectivity index (χ4v) is 4.13. The number of nitrogens with one attached hydrogen (secondary N) is 2. The second kappa shape index (κ2) is 14.3. The van der Waals surface area contributed by atoms with Crippen LogP contribution in [0.4, 0.5) is 4.79 Å². The summed E-state index contributed by atoms with van der Waals surface area (Å²) in [7, 11) is 0. The van der Waals surface area contributed by atoms with E-state index >= 15 is 0 Å². The van der Waals surface area contributed by atoms with E-state index < -0.39 is 47.1 Å². The summed E-state index contributed by atoms with van der Waals surface area (Å²) in [6, 6.07) is 3.73. The van der Waals surface area contributed by atoms with Crippen molar-refractivity contribution in [2.75, 3.05) is 13.2 Å². The number of ether oxygens (including phenoxy) is 2. The Hall–Kier alpha value is -3.10. The fraction of sp³-hybridized carbons (Fsp3) is 0.667. The summed E-state index contributed by atoms with van der Waals surface area (Å²) < 4.78 is 10.4. The molecule has 0 bridgehead atoms. The third-order valence-electron chi connectivity index (χ3n) is 5.94. The molecule has 0 saturated carbocycles. The predicted molar refractivity (Wildman–Crippen MR) is 152 cm³/mol. The van der Waals surface area contributed by atoms with Gasteiger partial charge in [0.1, 0.15) is 17.7 Å². The first-order valence-electron chi connectivity index (χ1n) is 13.7. The lowest BCUT2D eigenvalue weighted by Gasteiger charge is -2.43. The van der Waals surface area contributed by atoms with Crippen LogP contribution < -0.4 is 10.6 Å². The van der Waals surface area contributed by atoms with Gasteiger partial charge in [0.2, 0.25) is 11.8 Å². The molecule has 0 aliphatic carbocycles. The number of nitrogens with zero attached hydrogens (tertiary/aromatic N) is 1. The number of carbonyl (C=O) groups is 4. The summed E-state index contributed by atoms with van der Waals surface area (Å²) in [5, 5.41) is 5.57. The molecule has 0 radical (unpaired) electrons. The highest BCUT2D eigenvalue weighted by atomic mass is 16.6. The van der Waals surface area contributed by atoms with Crippen molar-refractivity contribution in [3.8, 4) is 0 Å². The summed E-state index contributed by atoms with van der Waals surface area (Å²) in [4.78, 5) is 54.1. The molecule has 0 fully saturated rings. The van der Waals surface area contributed by atoms with Crippen molar-refractivity contribution in [3.05, 3.63) is 34.9 Å². The number of rotatable bonds is 11. The molecule has 0 aliphatic rings. The van der Waals surface area contributed by atoms with Gasteiger partial charge in [-0.1, -0.05) is 32.0 Å². The van der Waals surface area contributed by atoms with E-state index in [1.807, 2.05) is 66.7 Å². The van der Waals surface area contributed by atoms with Gasteiger partial charge < -0.3 is 25.0 Å². The van der Waals surface area contributed by atoms with Crippen molar-refractivity contribution in [2.45, 2.75) is 112 Å². The molecule has 1 rings (SSSR count). The average molecular weight is 548 g/mol. The Morgan fingerprint density at radius 3 is 2.08 bits per heavy atom. The summed E-state index contributed by atoms with van der Waals surface area (Å²) >= 11 is 0. The SMILES string of the molecule is CCOC(=O)CCNC(=O)C(c1ccc(C)c(C)c1)N(C(=O)C(CC(C)C)NC(=O)OC(C)(C)C)C(C)(C)C. The first kappa shape index (κ1) is 33.9. The Bertz CT molecular complexity index is 1010. The summed E-state index contributed by atoms with van der Waals surface area (Å²) in [6.07, 6.45) is -0.329. The largest absolute Gasteiger partial charge is 0.466 e. The summed E-state index contributed by atoms with van der Waals surface area (Å²) in [5.74, 6) is -1.16. The Morgan fingerprint density at radius 2 is 1.59 bits per heavy atom. The fourth-order valence-electron chi connectivity index (χ4n) is 4.13. The molecule has 0 spiro atoms. The van der Waals surface area contributed by atoms with Crippen LogP contribution in [0.5, 0.6) is 0 Å². The van der Waals surface area contributed by atoms with E-state index in [4.69, 9.17) is 9.47 Å². The van der Waals surface area contributed by atoms with E-state index in [2.05, 4.69) is 10.6 Å². The molecule has 0 saturated heterocycles. The van der Waals surface area contributed by atoms with Gasteiger partial charge in [0.05, 0.1) is 13.0 Å². The van der Waals surface area contributed by atoms with Crippen LogP contribution in [0.3, 0.4) is 0 Å². The van der Waals surface area contributed by atoms with Crippen LogP contribution in [0.2, 0.25) is 0 Å². The van der Waals surface area contributed by atoms with Crippen LogP contribution in [0.1, 0.15) is 97.9 Å². The van der Waals surface area contributed by atoms with Crippen molar-refractivity contribution in [2.24, 2.45) is 5.92 Å². The van der Waals surface area contributed by atoms with Crippen molar-refractivity contribution in [1.82, 2.24) is 15.5 Å². The molecule has 2 atom stereocenters. The second-order valence-corrected chi connectivity index (χ2v) is 12.3. The maximum absolute atomic E-state index is 14.3. The molecular formula is C30H49N3O6. The molecule has 220 valence electrons. The third kappa shape index (κ3) is 11.3. The smallest absolute Gasteiger partial charge is 0.408 e. The topological polar surface area (TPSA) is 114 Å². The standard InChI is InChI=1S/C30H49N3O6/c1-12-38-24(34)15-16-31-26(35)25(22-14-13-20(4)21(5)18-22)33(29(6,7)8)27(36)23(17-19(2)3)32-28(37)39-30(9,10)11/h13-14,18-19,23,25H,12,15-17H2,1-11H3,(H,31,35)(H,32,37). The summed E-state index contributed by atoms with van der Waals surface area (Å²) in [6.45, 7) is 20.7. The van der Waals surface area contributed by atoms with Gasteiger partial charge in [-0.2, -0.15) is 0 Å². The molecular weight excluding hydrogens is 498 g/mol. The van der Waals surface area contributed by atoms with Crippen LogP contribution in [0, 0.1) is 19.8 Å². The van der Waals surface area contributed by atoms with Gasteiger partial charge in [0.25, 0.3) is 0 Å². The maximum atomic E-state index is 14.3. The van der Waals surface area contributed by atoms with Crippen LogP contribution in [-0.4, -0.2) is 59.1 Å². The van der Waals surface area contributed by atoms with Crippen LogP contribution in [0.25, 0.3) is 0 Å². The minimum absolute atomic E-state index is 0.0128. The van der Waals surface area contributed by atoms with Crippen LogP contribution in [0.15, 0.2) is 18.2 Å². The number of esters is 1. The number of benzene rings is 1. The van der Waals surface area contributed by atoms with E-state index in [1.54, 1.807) is 27.7 Å². The van der Waals surface area contributed by atoms with Gasteiger partial charge in [0, 0.05) is 12.1 Å². The monoisotopic (exact) mass is 547 g/mol. The van der Waals surface area contributed by atoms with E-state index in [0.717, 1.165) is 11.1 Å². The maximum Gasteiger partial charge on any atom is 0.408 e. The lowest BCUT2D eigenvalue weighted by molar-refractivity contribution is -0.149. The van der Waals surface area contributed by atoms with Crippen LogP contribution in [-0.2, 0) is 23.9 Å². The lowest BCUT2D eigenvalue weighted by Crippen LogP contribution is -2.59. The van der Waals surface area contributed by atoms with Crippen molar-refractivity contribution in [3.63, 3.8) is 0 Å². The number of hydrogen-bond acceptors (Lipinski definition) is 6. The minimum atomic E-state index is -1.01. The highest BCUT2D eigenvalue weighted by molar-refractivity contribution is 5.92. The van der Waals surface area contributed by atoms with Crippen LogP contribution >= 0.6 is 0 Å². The Kier molecular flexibility index (Phi) is 12.5. The van der Waals surface area contributed by atoms with E-state index in [-0.39, 0.29) is 25.5 Å².